The normalized spacial score (nSPS) is 13.0. The van der Waals surface area contributed by atoms with Crippen molar-refractivity contribution in [2.75, 3.05) is 0 Å². The molecule has 0 fully saturated rings. The van der Waals surface area contributed by atoms with Crippen molar-refractivity contribution in [2.24, 2.45) is 12.9 Å². The first-order valence-corrected chi connectivity index (χ1v) is 6.62. The van der Waals surface area contributed by atoms with Crippen LogP contribution in [0.4, 0.5) is 4.39 Å². The Morgan fingerprint density at radius 1 is 1.42 bits per heavy atom. The van der Waals surface area contributed by atoms with Crippen molar-refractivity contribution in [3.05, 3.63) is 52.9 Å². The fraction of sp³-hybridized carbons (Fsp3) is 0.154. The first kappa shape index (κ1) is 12.3. The number of rotatable bonds is 3. The minimum absolute atomic E-state index is 0.130. The Morgan fingerprint density at radius 3 is 2.95 bits per heavy atom. The van der Waals surface area contributed by atoms with E-state index in [0.29, 0.717) is 0 Å². The number of hydrogen-bond acceptors (Lipinski definition) is 4. The number of aromatic nitrogens is 2. The van der Waals surface area contributed by atoms with E-state index in [1.165, 1.54) is 17.4 Å². The molecule has 0 amide bonds. The van der Waals surface area contributed by atoms with E-state index < -0.39 is 0 Å². The van der Waals surface area contributed by atoms with Gasteiger partial charge in [-0.25, -0.2) is 9.82 Å². The number of hydrogen-bond donors (Lipinski definition) is 2. The molecule has 19 heavy (non-hydrogen) atoms. The average Bonchev–Trinajstić information content (AvgIpc) is 2.96. The highest BCUT2D eigenvalue weighted by Crippen LogP contribution is 2.33. The van der Waals surface area contributed by atoms with Crippen molar-refractivity contribution in [3.8, 4) is 0 Å². The lowest BCUT2D eigenvalue weighted by molar-refractivity contribution is 0.630. The van der Waals surface area contributed by atoms with E-state index in [0.717, 1.165) is 20.5 Å². The van der Waals surface area contributed by atoms with Gasteiger partial charge in [0.25, 0.3) is 0 Å². The van der Waals surface area contributed by atoms with Crippen molar-refractivity contribution in [1.29, 1.82) is 0 Å². The summed E-state index contributed by atoms with van der Waals surface area (Å²) in [7, 11) is 1.86. The van der Waals surface area contributed by atoms with Crippen LogP contribution in [0.15, 0.2) is 36.7 Å². The molecule has 1 atom stereocenters. The highest BCUT2D eigenvalue weighted by molar-refractivity contribution is 7.19. The number of hydrazine groups is 1. The Bertz CT molecular complexity index is 718. The van der Waals surface area contributed by atoms with Crippen LogP contribution in [0.2, 0.25) is 0 Å². The largest absolute Gasteiger partial charge is 0.275 e. The molecule has 1 unspecified atom stereocenters. The number of aryl methyl sites for hydroxylation is 1. The second-order valence-electron chi connectivity index (χ2n) is 4.38. The van der Waals surface area contributed by atoms with Gasteiger partial charge in [0, 0.05) is 28.4 Å². The fourth-order valence-electron chi connectivity index (χ4n) is 2.10. The molecular weight excluding hydrogens is 263 g/mol. The fourth-order valence-corrected chi connectivity index (χ4v) is 3.28. The molecular formula is C13H13FN4S. The highest BCUT2D eigenvalue weighted by Gasteiger charge is 2.17. The van der Waals surface area contributed by atoms with E-state index in [9.17, 15) is 4.39 Å². The van der Waals surface area contributed by atoms with Gasteiger partial charge >= 0.3 is 0 Å². The molecule has 2 heterocycles. The molecule has 98 valence electrons. The topological polar surface area (TPSA) is 55.9 Å². The van der Waals surface area contributed by atoms with E-state index >= 15 is 0 Å². The molecule has 0 aliphatic carbocycles. The molecule has 2 aromatic heterocycles. The molecule has 0 aliphatic rings. The average molecular weight is 276 g/mol. The molecule has 0 saturated carbocycles. The standard InChI is InChI=1S/C13H13FN4S/c1-18-7-9(6-16-18)13(17-15)12-4-8-2-3-10(14)5-11(8)19-12/h2-7,13,17H,15H2,1H3. The summed E-state index contributed by atoms with van der Waals surface area (Å²) in [6.45, 7) is 0. The van der Waals surface area contributed by atoms with Crippen molar-refractivity contribution >= 4 is 21.4 Å². The molecule has 1 aromatic carbocycles. The number of halogens is 1. The summed E-state index contributed by atoms with van der Waals surface area (Å²) in [5.74, 6) is 5.42. The summed E-state index contributed by atoms with van der Waals surface area (Å²) in [4.78, 5) is 1.04. The molecule has 3 N–H and O–H groups in total. The smallest absolute Gasteiger partial charge is 0.124 e. The minimum Gasteiger partial charge on any atom is -0.275 e. The van der Waals surface area contributed by atoms with Crippen LogP contribution in [0.5, 0.6) is 0 Å². The number of nitrogens with zero attached hydrogens (tertiary/aromatic N) is 2. The van der Waals surface area contributed by atoms with Crippen LogP contribution in [0.25, 0.3) is 10.1 Å². The lowest BCUT2D eigenvalue weighted by atomic mass is 10.1. The van der Waals surface area contributed by atoms with Crippen molar-refractivity contribution < 1.29 is 4.39 Å². The molecule has 0 aliphatic heterocycles. The van der Waals surface area contributed by atoms with Gasteiger partial charge < -0.3 is 0 Å². The lowest BCUT2D eigenvalue weighted by Crippen LogP contribution is -2.27. The van der Waals surface area contributed by atoms with Crippen LogP contribution >= 0.6 is 11.3 Å². The Labute approximate surface area is 113 Å². The van der Waals surface area contributed by atoms with Crippen LogP contribution in [0, 0.1) is 5.82 Å². The maximum atomic E-state index is 13.2. The van der Waals surface area contributed by atoms with Crippen LogP contribution in [0.3, 0.4) is 0 Å². The molecule has 0 radical (unpaired) electrons. The minimum atomic E-state index is -0.223. The van der Waals surface area contributed by atoms with Crippen LogP contribution in [-0.4, -0.2) is 9.78 Å². The third-order valence-electron chi connectivity index (χ3n) is 3.01. The summed E-state index contributed by atoms with van der Waals surface area (Å²) in [6.07, 6.45) is 3.69. The van der Waals surface area contributed by atoms with Crippen molar-refractivity contribution in [3.63, 3.8) is 0 Å². The van der Waals surface area contributed by atoms with Gasteiger partial charge in [-0.15, -0.1) is 11.3 Å². The summed E-state index contributed by atoms with van der Waals surface area (Å²) >= 11 is 1.53. The van der Waals surface area contributed by atoms with Gasteiger partial charge in [0.05, 0.1) is 12.2 Å². The zero-order chi connectivity index (χ0) is 13.4. The number of nitrogens with two attached hydrogens (primary N) is 1. The SMILES string of the molecule is Cn1cc(C(NN)c2cc3ccc(F)cc3s2)cn1. The molecule has 3 rings (SSSR count). The van der Waals surface area contributed by atoms with Crippen LogP contribution < -0.4 is 11.3 Å². The van der Waals surface area contributed by atoms with Crippen LogP contribution in [0.1, 0.15) is 16.5 Å². The molecule has 6 heteroatoms. The van der Waals surface area contributed by atoms with E-state index in [-0.39, 0.29) is 11.9 Å². The van der Waals surface area contributed by atoms with Crippen molar-refractivity contribution in [2.45, 2.75) is 6.04 Å². The third-order valence-corrected chi connectivity index (χ3v) is 4.17. The molecule has 0 bridgehead atoms. The second kappa shape index (κ2) is 4.73. The van der Waals surface area contributed by atoms with Gasteiger partial charge in [-0.1, -0.05) is 6.07 Å². The maximum absolute atomic E-state index is 13.2. The predicted octanol–water partition coefficient (Wildman–Crippen LogP) is 2.33. The van der Waals surface area contributed by atoms with E-state index in [1.54, 1.807) is 23.0 Å². The monoisotopic (exact) mass is 276 g/mol. The van der Waals surface area contributed by atoms with Crippen molar-refractivity contribution in [1.82, 2.24) is 15.2 Å². The summed E-state index contributed by atoms with van der Waals surface area (Å²) in [6, 6.07) is 6.68. The Kier molecular flexibility index (Phi) is 3.06. The zero-order valence-corrected chi connectivity index (χ0v) is 11.1. The Balaban J connectivity index is 2.06. The van der Waals surface area contributed by atoms with E-state index in [2.05, 4.69) is 10.5 Å². The van der Waals surface area contributed by atoms with Gasteiger partial charge in [0.1, 0.15) is 5.82 Å². The second-order valence-corrected chi connectivity index (χ2v) is 5.49. The van der Waals surface area contributed by atoms with E-state index in [4.69, 9.17) is 5.84 Å². The predicted molar refractivity (Wildman–Crippen MR) is 74.2 cm³/mol. The summed E-state index contributed by atoms with van der Waals surface area (Å²) in [5.41, 5.74) is 3.77. The zero-order valence-electron chi connectivity index (χ0n) is 10.3. The maximum Gasteiger partial charge on any atom is 0.124 e. The first-order valence-electron chi connectivity index (χ1n) is 5.81. The quantitative estimate of drug-likeness (QED) is 0.570. The van der Waals surface area contributed by atoms with Gasteiger partial charge in [-0.3, -0.25) is 10.5 Å². The summed E-state index contributed by atoms with van der Waals surface area (Å²) in [5, 5.41) is 5.16. The Morgan fingerprint density at radius 2 is 2.26 bits per heavy atom. The van der Waals surface area contributed by atoms with Gasteiger partial charge in [-0.05, 0) is 23.6 Å². The Hall–Kier alpha value is -1.76. The van der Waals surface area contributed by atoms with Gasteiger partial charge in [0.2, 0.25) is 0 Å². The molecule has 0 saturated heterocycles. The molecule has 3 aromatic rings. The van der Waals surface area contributed by atoms with Gasteiger partial charge in [-0.2, -0.15) is 5.10 Å². The molecule has 0 spiro atoms. The first-order chi connectivity index (χ1) is 9.17. The lowest BCUT2D eigenvalue weighted by Gasteiger charge is -2.11. The number of fused-ring (bicyclic) bond motifs is 1. The number of nitrogens with one attached hydrogen (secondary N) is 1. The van der Waals surface area contributed by atoms with E-state index in [1.807, 2.05) is 19.3 Å². The molecule has 4 nitrogen and oxygen atoms in total. The third kappa shape index (κ3) is 2.25. The highest BCUT2D eigenvalue weighted by atomic mass is 32.1. The summed E-state index contributed by atoms with van der Waals surface area (Å²) < 4.78 is 15.9. The number of thiophene rings is 1. The van der Waals surface area contributed by atoms with Crippen LogP contribution in [-0.2, 0) is 7.05 Å². The van der Waals surface area contributed by atoms with Gasteiger partial charge in [0.15, 0.2) is 0 Å². The number of benzene rings is 1.